The van der Waals surface area contributed by atoms with Crippen molar-refractivity contribution < 1.29 is 0 Å². The lowest BCUT2D eigenvalue weighted by Gasteiger charge is -2.15. The van der Waals surface area contributed by atoms with Crippen LogP contribution in [0, 0.1) is 0 Å². The van der Waals surface area contributed by atoms with Gasteiger partial charge in [-0.1, -0.05) is 60.7 Å². The van der Waals surface area contributed by atoms with E-state index in [-0.39, 0.29) is 0 Å². The highest BCUT2D eigenvalue weighted by atomic mass is 15.1. The van der Waals surface area contributed by atoms with Gasteiger partial charge in [-0.25, -0.2) is 0 Å². The van der Waals surface area contributed by atoms with Gasteiger partial charge in [-0.05, 0) is 24.5 Å². The summed E-state index contributed by atoms with van der Waals surface area (Å²) < 4.78 is 0. The van der Waals surface area contributed by atoms with Gasteiger partial charge in [0.05, 0.1) is 6.17 Å². The fourth-order valence-corrected chi connectivity index (χ4v) is 2.02. The van der Waals surface area contributed by atoms with Crippen LogP contribution in [0.4, 0.5) is 0 Å². The SMILES string of the molecule is CC(NCCc1ccccc1)NCc1ccccc1. The van der Waals surface area contributed by atoms with E-state index in [1.165, 1.54) is 11.1 Å². The molecule has 2 aromatic rings. The molecule has 2 rings (SSSR count). The number of benzene rings is 2. The predicted molar refractivity (Wildman–Crippen MR) is 80.9 cm³/mol. The Morgan fingerprint density at radius 3 is 2.00 bits per heavy atom. The Bertz CT molecular complexity index is 453. The lowest BCUT2D eigenvalue weighted by Crippen LogP contribution is -2.40. The molecule has 2 heteroatoms. The number of nitrogens with one attached hydrogen (secondary N) is 2. The second kappa shape index (κ2) is 7.72. The molecule has 0 saturated heterocycles. The number of hydrogen-bond donors (Lipinski definition) is 2. The molecule has 0 radical (unpaired) electrons. The maximum atomic E-state index is 3.49. The van der Waals surface area contributed by atoms with E-state index in [0.29, 0.717) is 6.17 Å². The van der Waals surface area contributed by atoms with Crippen molar-refractivity contribution in [2.75, 3.05) is 6.54 Å². The van der Waals surface area contributed by atoms with Crippen LogP contribution in [0.15, 0.2) is 60.7 Å². The molecule has 0 fully saturated rings. The first-order valence-electron chi connectivity index (χ1n) is 6.89. The first kappa shape index (κ1) is 13.8. The molecule has 2 N–H and O–H groups in total. The Morgan fingerprint density at radius 2 is 1.37 bits per heavy atom. The molecular formula is C17H22N2. The normalized spacial score (nSPS) is 12.3. The summed E-state index contributed by atoms with van der Waals surface area (Å²) >= 11 is 0. The molecule has 0 aliphatic rings. The van der Waals surface area contributed by atoms with Gasteiger partial charge in [-0.2, -0.15) is 0 Å². The summed E-state index contributed by atoms with van der Waals surface area (Å²) in [5.41, 5.74) is 2.70. The molecule has 1 atom stereocenters. The summed E-state index contributed by atoms with van der Waals surface area (Å²) in [5, 5.41) is 6.96. The maximum absolute atomic E-state index is 3.49. The summed E-state index contributed by atoms with van der Waals surface area (Å²) in [6, 6.07) is 21.1. The van der Waals surface area contributed by atoms with E-state index in [2.05, 4.69) is 72.2 Å². The highest BCUT2D eigenvalue weighted by Gasteiger charge is 2.00. The van der Waals surface area contributed by atoms with Crippen molar-refractivity contribution in [3.05, 3.63) is 71.8 Å². The average Bonchev–Trinajstić information content (AvgIpc) is 2.47. The third kappa shape index (κ3) is 5.25. The third-order valence-electron chi connectivity index (χ3n) is 3.16. The molecule has 0 aromatic heterocycles. The van der Waals surface area contributed by atoms with Gasteiger partial charge in [0.25, 0.3) is 0 Å². The minimum atomic E-state index is 0.323. The fraction of sp³-hybridized carbons (Fsp3) is 0.294. The minimum Gasteiger partial charge on any atom is -0.302 e. The Labute approximate surface area is 115 Å². The second-order valence-electron chi connectivity index (χ2n) is 4.78. The molecule has 0 amide bonds. The highest BCUT2D eigenvalue weighted by molar-refractivity contribution is 5.15. The van der Waals surface area contributed by atoms with Crippen molar-refractivity contribution in [3.63, 3.8) is 0 Å². The molecule has 1 unspecified atom stereocenters. The van der Waals surface area contributed by atoms with Gasteiger partial charge < -0.3 is 5.32 Å². The molecule has 2 nitrogen and oxygen atoms in total. The zero-order chi connectivity index (χ0) is 13.3. The molecule has 19 heavy (non-hydrogen) atoms. The fourth-order valence-electron chi connectivity index (χ4n) is 2.02. The Hall–Kier alpha value is -1.64. The summed E-state index contributed by atoms with van der Waals surface area (Å²) in [7, 11) is 0. The molecule has 0 bridgehead atoms. The van der Waals surface area contributed by atoms with E-state index in [9.17, 15) is 0 Å². The Balaban J connectivity index is 1.64. The lowest BCUT2D eigenvalue weighted by atomic mass is 10.1. The molecule has 0 spiro atoms. The summed E-state index contributed by atoms with van der Waals surface area (Å²) in [5.74, 6) is 0. The van der Waals surface area contributed by atoms with Crippen molar-refractivity contribution >= 4 is 0 Å². The average molecular weight is 254 g/mol. The first-order valence-corrected chi connectivity index (χ1v) is 6.89. The van der Waals surface area contributed by atoms with E-state index in [0.717, 1.165) is 19.5 Å². The van der Waals surface area contributed by atoms with Crippen LogP contribution in [-0.2, 0) is 13.0 Å². The van der Waals surface area contributed by atoms with Crippen LogP contribution in [0.1, 0.15) is 18.1 Å². The summed E-state index contributed by atoms with van der Waals surface area (Å²) in [6.45, 7) is 4.06. The molecule has 2 aromatic carbocycles. The van der Waals surface area contributed by atoms with Crippen molar-refractivity contribution in [2.45, 2.75) is 26.1 Å². The van der Waals surface area contributed by atoms with Gasteiger partial charge in [0, 0.05) is 13.1 Å². The summed E-state index contributed by atoms with van der Waals surface area (Å²) in [4.78, 5) is 0. The molecule has 0 saturated carbocycles. The monoisotopic (exact) mass is 254 g/mol. The van der Waals surface area contributed by atoms with E-state index < -0.39 is 0 Å². The van der Waals surface area contributed by atoms with Crippen LogP contribution in [0.5, 0.6) is 0 Å². The van der Waals surface area contributed by atoms with Crippen LogP contribution in [0.3, 0.4) is 0 Å². The van der Waals surface area contributed by atoms with Crippen LogP contribution < -0.4 is 10.6 Å². The van der Waals surface area contributed by atoms with Gasteiger partial charge in [0.1, 0.15) is 0 Å². The molecule has 0 aliphatic carbocycles. The smallest absolute Gasteiger partial charge is 0.0545 e. The van der Waals surface area contributed by atoms with Crippen molar-refractivity contribution in [1.82, 2.24) is 10.6 Å². The zero-order valence-electron chi connectivity index (χ0n) is 11.5. The standard InChI is InChI=1S/C17H22N2/c1-15(19-14-17-10-6-3-7-11-17)18-13-12-16-8-4-2-5-9-16/h2-11,15,18-19H,12-14H2,1H3. The maximum Gasteiger partial charge on any atom is 0.0545 e. The molecule has 0 aliphatic heterocycles. The molecular weight excluding hydrogens is 232 g/mol. The van der Waals surface area contributed by atoms with E-state index in [4.69, 9.17) is 0 Å². The van der Waals surface area contributed by atoms with Crippen LogP contribution >= 0.6 is 0 Å². The number of rotatable bonds is 7. The van der Waals surface area contributed by atoms with Gasteiger partial charge in [0.2, 0.25) is 0 Å². The minimum absolute atomic E-state index is 0.323. The topological polar surface area (TPSA) is 24.1 Å². The van der Waals surface area contributed by atoms with Gasteiger partial charge in [0.15, 0.2) is 0 Å². The Morgan fingerprint density at radius 1 is 0.789 bits per heavy atom. The van der Waals surface area contributed by atoms with Crippen molar-refractivity contribution in [1.29, 1.82) is 0 Å². The van der Waals surface area contributed by atoms with E-state index >= 15 is 0 Å². The van der Waals surface area contributed by atoms with E-state index in [1.807, 2.05) is 6.07 Å². The summed E-state index contributed by atoms with van der Waals surface area (Å²) in [6.07, 6.45) is 1.39. The zero-order valence-corrected chi connectivity index (χ0v) is 11.5. The second-order valence-corrected chi connectivity index (χ2v) is 4.78. The largest absolute Gasteiger partial charge is 0.302 e. The Kier molecular flexibility index (Phi) is 5.60. The lowest BCUT2D eigenvalue weighted by molar-refractivity contribution is 0.455. The van der Waals surface area contributed by atoms with Crippen LogP contribution in [0.25, 0.3) is 0 Å². The number of hydrogen-bond acceptors (Lipinski definition) is 2. The van der Waals surface area contributed by atoms with Crippen LogP contribution in [-0.4, -0.2) is 12.7 Å². The first-order chi connectivity index (χ1) is 9.34. The van der Waals surface area contributed by atoms with Gasteiger partial charge in [-0.15, -0.1) is 0 Å². The van der Waals surface area contributed by atoms with Gasteiger partial charge in [-0.3, -0.25) is 5.32 Å². The molecule has 100 valence electrons. The third-order valence-corrected chi connectivity index (χ3v) is 3.16. The van der Waals surface area contributed by atoms with Crippen LogP contribution in [0.2, 0.25) is 0 Å². The quantitative estimate of drug-likeness (QED) is 0.742. The van der Waals surface area contributed by atoms with Crippen molar-refractivity contribution in [3.8, 4) is 0 Å². The van der Waals surface area contributed by atoms with Crippen molar-refractivity contribution in [2.24, 2.45) is 0 Å². The predicted octanol–water partition coefficient (Wildman–Crippen LogP) is 2.95. The molecule has 0 heterocycles. The van der Waals surface area contributed by atoms with Gasteiger partial charge >= 0.3 is 0 Å². The highest BCUT2D eigenvalue weighted by Crippen LogP contribution is 1.99. The van der Waals surface area contributed by atoms with E-state index in [1.54, 1.807) is 0 Å².